The molecule has 0 bridgehead atoms. The van der Waals surface area contributed by atoms with Crippen LogP contribution in [0.2, 0.25) is 0 Å². The van der Waals surface area contributed by atoms with Gasteiger partial charge in [-0.05, 0) is 6.16 Å². The van der Waals surface area contributed by atoms with Gasteiger partial charge in [-0.25, -0.2) is 0 Å². The summed E-state index contributed by atoms with van der Waals surface area (Å²) < 4.78 is 0. The first-order chi connectivity index (χ1) is 3.18. The van der Waals surface area contributed by atoms with Gasteiger partial charge in [0.05, 0.1) is 5.92 Å². The number of carboxylic acid groups (broad SMARTS) is 1. The van der Waals surface area contributed by atoms with Gasteiger partial charge in [-0.1, -0.05) is 6.92 Å². The molecular formula is C4H9O2P. The first-order valence-electron chi connectivity index (χ1n) is 2.11. The Hall–Kier alpha value is -0.100. The maximum Gasteiger partial charge on any atom is 0.306 e. The molecule has 0 fully saturated rings. The second kappa shape index (κ2) is 2.98. The molecule has 0 aromatic carbocycles. The van der Waals surface area contributed by atoms with E-state index in [9.17, 15) is 4.79 Å². The van der Waals surface area contributed by atoms with Gasteiger partial charge < -0.3 is 5.11 Å². The van der Waals surface area contributed by atoms with Crippen LogP contribution in [0.1, 0.15) is 6.92 Å². The zero-order valence-corrected chi connectivity index (χ0v) is 5.37. The predicted molar refractivity (Wildman–Crippen MR) is 31.4 cm³/mol. The molecule has 2 unspecified atom stereocenters. The van der Waals surface area contributed by atoms with Crippen LogP contribution in [0.5, 0.6) is 0 Å². The van der Waals surface area contributed by atoms with Crippen molar-refractivity contribution < 1.29 is 9.90 Å². The Balaban J connectivity index is 3.34. The number of rotatable bonds is 2. The van der Waals surface area contributed by atoms with Crippen molar-refractivity contribution in [2.24, 2.45) is 5.92 Å². The molecule has 1 N–H and O–H groups in total. The van der Waals surface area contributed by atoms with E-state index in [0.29, 0.717) is 6.16 Å². The second-order valence-corrected chi connectivity index (χ2v) is 1.95. The van der Waals surface area contributed by atoms with Crippen molar-refractivity contribution in [2.75, 3.05) is 6.16 Å². The Morgan fingerprint density at radius 2 is 2.43 bits per heavy atom. The van der Waals surface area contributed by atoms with Crippen LogP contribution >= 0.6 is 9.24 Å². The minimum atomic E-state index is -0.727. The molecule has 0 saturated carbocycles. The maximum atomic E-state index is 9.92. The number of aliphatic carboxylic acids is 1. The van der Waals surface area contributed by atoms with E-state index in [1.807, 2.05) is 0 Å². The van der Waals surface area contributed by atoms with Gasteiger partial charge in [0.15, 0.2) is 0 Å². The topological polar surface area (TPSA) is 37.3 Å². The zero-order chi connectivity index (χ0) is 5.86. The summed E-state index contributed by atoms with van der Waals surface area (Å²) in [5.41, 5.74) is 0. The van der Waals surface area contributed by atoms with Gasteiger partial charge in [0.1, 0.15) is 0 Å². The van der Waals surface area contributed by atoms with Crippen molar-refractivity contribution in [2.45, 2.75) is 6.92 Å². The average molecular weight is 120 g/mol. The molecule has 3 heteroatoms. The molecule has 0 heterocycles. The third-order valence-corrected chi connectivity index (χ3v) is 1.48. The van der Waals surface area contributed by atoms with Crippen molar-refractivity contribution >= 4 is 15.2 Å². The smallest absolute Gasteiger partial charge is 0.306 e. The lowest BCUT2D eigenvalue weighted by atomic mass is 10.2. The Labute approximate surface area is 45.1 Å². The number of hydrogen-bond donors (Lipinski definition) is 1. The lowest BCUT2D eigenvalue weighted by Gasteiger charge is -1.96. The third-order valence-electron chi connectivity index (χ3n) is 0.775. The highest BCUT2D eigenvalue weighted by molar-refractivity contribution is 7.16. The summed E-state index contributed by atoms with van der Waals surface area (Å²) in [7, 11) is 2.38. The van der Waals surface area contributed by atoms with Crippen molar-refractivity contribution in [3.63, 3.8) is 0 Å². The molecule has 0 aliphatic carbocycles. The Morgan fingerprint density at radius 3 is 2.43 bits per heavy atom. The summed E-state index contributed by atoms with van der Waals surface area (Å²) in [6.45, 7) is 1.68. The third kappa shape index (κ3) is 2.58. The summed E-state index contributed by atoms with van der Waals surface area (Å²) in [4.78, 5) is 9.92. The molecule has 0 rings (SSSR count). The largest absolute Gasteiger partial charge is 0.481 e. The minimum Gasteiger partial charge on any atom is -0.481 e. The first-order valence-corrected chi connectivity index (χ1v) is 2.93. The Kier molecular flexibility index (Phi) is 2.93. The Bertz CT molecular complexity index is 72.1. The molecule has 0 aliphatic heterocycles. The molecular weight excluding hydrogens is 111 g/mol. The highest BCUT2D eigenvalue weighted by atomic mass is 31.0. The van der Waals surface area contributed by atoms with Gasteiger partial charge >= 0.3 is 5.97 Å². The lowest BCUT2D eigenvalue weighted by Crippen LogP contribution is -2.09. The van der Waals surface area contributed by atoms with E-state index in [4.69, 9.17) is 5.11 Å². The van der Waals surface area contributed by atoms with E-state index in [2.05, 4.69) is 9.24 Å². The van der Waals surface area contributed by atoms with E-state index < -0.39 is 5.97 Å². The predicted octanol–water partition coefficient (Wildman–Crippen LogP) is 0.582. The number of carboxylic acids is 1. The Morgan fingerprint density at radius 1 is 2.00 bits per heavy atom. The molecule has 0 spiro atoms. The van der Waals surface area contributed by atoms with Crippen LogP contribution in [0, 0.1) is 5.92 Å². The van der Waals surface area contributed by atoms with Crippen molar-refractivity contribution in [3.8, 4) is 0 Å². The van der Waals surface area contributed by atoms with E-state index in [0.717, 1.165) is 0 Å². The van der Waals surface area contributed by atoms with Gasteiger partial charge in [-0.2, -0.15) is 0 Å². The molecule has 0 aliphatic rings. The van der Waals surface area contributed by atoms with E-state index >= 15 is 0 Å². The normalized spacial score (nSPS) is 13.4. The molecule has 0 aromatic heterocycles. The first kappa shape index (κ1) is 6.90. The zero-order valence-electron chi connectivity index (χ0n) is 4.22. The molecule has 0 amide bonds. The molecule has 42 valence electrons. The van der Waals surface area contributed by atoms with Crippen LogP contribution in [0.15, 0.2) is 0 Å². The van der Waals surface area contributed by atoms with E-state index in [-0.39, 0.29) is 5.92 Å². The summed E-state index contributed by atoms with van der Waals surface area (Å²) in [6.07, 6.45) is 0.634. The van der Waals surface area contributed by atoms with Crippen LogP contribution in [-0.2, 0) is 4.79 Å². The fourth-order valence-electron chi connectivity index (χ4n) is 0.101. The molecule has 2 nitrogen and oxygen atoms in total. The quantitative estimate of drug-likeness (QED) is 0.541. The summed E-state index contributed by atoms with van der Waals surface area (Å²) >= 11 is 0. The highest BCUT2D eigenvalue weighted by Crippen LogP contribution is 1.97. The second-order valence-electron chi connectivity index (χ2n) is 1.47. The van der Waals surface area contributed by atoms with Crippen LogP contribution < -0.4 is 0 Å². The van der Waals surface area contributed by atoms with Crippen molar-refractivity contribution in [3.05, 3.63) is 0 Å². The maximum absolute atomic E-state index is 9.92. The number of hydrogen-bond acceptors (Lipinski definition) is 1. The van der Waals surface area contributed by atoms with Crippen LogP contribution in [0.3, 0.4) is 0 Å². The lowest BCUT2D eigenvalue weighted by molar-refractivity contribution is -0.140. The molecule has 0 aromatic rings. The van der Waals surface area contributed by atoms with Crippen molar-refractivity contribution in [1.29, 1.82) is 0 Å². The average Bonchev–Trinajstić information content (AvgIpc) is 1.65. The standard InChI is InChI=1S/C4H9O2P/c1-3(2-7)4(5)6/h3H,2,7H2,1H3,(H,5,6). The molecule has 0 saturated heterocycles. The fourth-order valence-corrected chi connectivity index (χ4v) is 0.302. The monoisotopic (exact) mass is 120 g/mol. The molecule has 7 heavy (non-hydrogen) atoms. The minimum absolute atomic E-state index is 0.218. The van der Waals surface area contributed by atoms with Gasteiger partial charge in [-0.15, -0.1) is 9.24 Å². The van der Waals surface area contributed by atoms with Crippen LogP contribution in [0.4, 0.5) is 0 Å². The van der Waals surface area contributed by atoms with E-state index in [1.165, 1.54) is 0 Å². The van der Waals surface area contributed by atoms with E-state index in [1.54, 1.807) is 6.92 Å². The highest BCUT2D eigenvalue weighted by Gasteiger charge is 2.05. The van der Waals surface area contributed by atoms with Gasteiger partial charge in [0, 0.05) is 0 Å². The molecule has 0 radical (unpaired) electrons. The van der Waals surface area contributed by atoms with Crippen molar-refractivity contribution in [1.82, 2.24) is 0 Å². The van der Waals surface area contributed by atoms with Crippen LogP contribution in [-0.4, -0.2) is 17.2 Å². The number of carbonyl (C=O) groups is 1. The van der Waals surface area contributed by atoms with Gasteiger partial charge in [0.2, 0.25) is 0 Å². The fraction of sp³-hybridized carbons (Fsp3) is 0.750. The summed E-state index contributed by atoms with van der Waals surface area (Å²) in [5.74, 6) is -0.944. The SMILES string of the molecule is CC(CP)C(=O)O. The van der Waals surface area contributed by atoms with Gasteiger partial charge in [-0.3, -0.25) is 4.79 Å². The molecule has 2 atom stereocenters. The van der Waals surface area contributed by atoms with Crippen LogP contribution in [0.25, 0.3) is 0 Å². The summed E-state index contributed by atoms with van der Waals surface area (Å²) in [5, 5.41) is 8.17. The van der Waals surface area contributed by atoms with Gasteiger partial charge in [0.25, 0.3) is 0 Å². The summed E-state index contributed by atoms with van der Waals surface area (Å²) in [6, 6.07) is 0.